The Kier molecular flexibility index (Phi) is 9.46. The monoisotopic (exact) mass is 335 g/mol. The van der Waals surface area contributed by atoms with E-state index < -0.39 is 0 Å². The van der Waals surface area contributed by atoms with Gasteiger partial charge in [0.15, 0.2) is 24.7 Å². The number of aromatic nitrogens is 2. The van der Waals surface area contributed by atoms with Gasteiger partial charge in [0.2, 0.25) is 0 Å². The lowest BCUT2D eigenvalue weighted by atomic mass is 10.0. The summed E-state index contributed by atoms with van der Waals surface area (Å²) in [5.74, 6) is 0.0422. The highest BCUT2D eigenvalue weighted by Crippen LogP contribution is 2.07. The number of carbonyl (C=O) groups excluding carboxylic acids is 1. The van der Waals surface area contributed by atoms with Gasteiger partial charge in [0, 0.05) is 29.5 Å². The third-order valence-electron chi connectivity index (χ3n) is 3.26. The van der Waals surface area contributed by atoms with Gasteiger partial charge in [0.05, 0.1) is 0 Å². The average Bonchev–Trinajstić information content (AvgIpc) is 2.72. The molecular weight excluding hydrogens is 308 g/mol. The van der Waals surface area contributed by atoms with Gasteiger partial charge in [-0.1, -0.05) is 64.1 Å². The maximum atomic E-state index is 12.3. The minimum Gasteiger partial charge on any atom is -0.289 e. The second-order valence-electron chi connectivity index (χ2n) is 4.78. The molecule has 0 saturated heterocycles. The first-order chi connectivity index (χ1) is 12.3. The van der Waals surface area contributed by atoms with Crippen LogP contribution in [-0.2, 0) is 6.54 Å². The van der Waals surface area contributed by atoms with Gasteiger partial charge in [0.1, 0.15) is 5.69 Å². The van der Waals surface area contributed by atoms with E-state index in [0.717, 1.165) is 5.69 Å². The van der Waals surface area contributed by atoms with Gasteiger partial charge in [-0.15, -0.1) is 0 Å². The van der Waals surface area contributed by atoms with Crippen LogP contribution in [0.1, 0.15) is 49.3 Å². The average molecular weight is 335 g/mol. The van der Waals surface area contributed by atoms with E-state index in [1.165, 1.54) is 0 Å². The number of nitrogens with zero attached hydrogens (tertiary/aromatic N) is 2. The molecule has 3 heteroatoms. The van der Waals surface area contributed by atoms with Crippen LogP contribution in [-0.4, -0.2) is 10.8 Å². The van der Waals surface area contributed by atoms with Crippen LogP contribution in [0.2, 0.25) is 0 Å². The molecule has 1 aromatic carbocycles. The Morgan fingerprint density at radius 3 is 1.92 bits per heavy atom. The van der Waals surface area contributed by atoms with Crippen LogP contribution in [0.25, 0.3) is 0 Å². The number of ketones is 1. The van der Waals surface area contributed by atoms with Crippen molar-refractivity contribution in [1.29, 1.82) is 0 Å². The molecule has 0 atom stereocenters. The molecule has 0 fully saturated rings. The van der Waals surface area contributed by atoms with Gasteiger partial charge in [0.25, 0.3) is 0 Å². The summed E-state index contributed by atoms with van der Waals surface area (Å²) in [4.78, 5) is 16.6. The van der Waals surface area contributed by atoms with Crippen LogP contribution in [0, 0.1) is 0 Å². The fraction of sp³-hybridized carbons (Fsp3) is 0.227. The van der Waals surface area contributed by atoms with Gasteiger partial charge in [-0.2, -0.15) is 4.57 Å². The Morgan fingerprint density at radius 2 is 1.36 bits per heavy atom. The molecule has 3 nitrogen and oxygen atoms in total. The van der Waals surface area contributed by atoms with Gasteiger partial charge in [-0.25, -0.2) is 0 Å². The minimum atomic E-state index is 0.0422. The summed E-state index contributed by atoms with van der Waals surface area (Å²) in [5.41, 5.74) is 2.39. The summed E-state index contributed by atoms with van der Waals surface area (Å²) in [6.07, 6.45) is 5.60. The van der Waals surface area contributed by atoms with E-state index in [-0.39, 0.29) is 5.78 Å². The Hall–Kier alpha value is -2.81. The number of carbonyl (C=O) groups is 1. The van der Waals surface area contributed by atoms with E-state index in [1.54, 1.807) is 6.20 Å². The van der Waals surface area contributed by atoms with Crippen molar-refractivity contribution >= 4 is 5.78 Å². The molecule has 25 heavy (non-hydrogen) atoms. The van der Waals surface area contributed by atoms with Crippen molar-refractivity contribution in [3.05, 3.63) is 96.1 Å². The smallest absolute Gasteiger partial charge is 0.193 e. The molecule has 0 unspecified atom stereocenters. The van der Waals surface area contributed by atoms with E-state index >= 15 is 0 Å². The Morgan fingerprint density at radius 1 is 0.800 bits per heavy atom. The molecule has 0 aliphatic carbocycles. The van der Waals surface area contributed by atoms with Crippen molar-refractivity contribution < 1.29 is 9.36 Å². The van der Waals surface area contributed by atoms with Crippen molar-refractivity contribution in [1.82, 2.24) is 4.98 Å². The molecule has 2 heterocycles. The highest BCUT2D eigenvalue weighted by Gasteiger charge is 2.10. The second kappa shape index (κ2) is 11.7. The predicted molar refractivity (Wildman–Crippen MR) is 103 cm³/mol. The van der Waals surface area contributed by atoms with Crippen molar-refractivity contribution in [2.24, 2.45) is 0 Å². The topological polar surface area (TPSA) is 33.8 Å². The molecule has 2 aromatic heterocycles. The van der Waals surface area contributed by atoms with Crippen LogP contribution in [0.3, 0.4) is 0 Å². The highest BCUT2D eigenvalue weighted by atomic mass is 16.1. The first-order valence-electron chi connectivity index (χ1n) is 8.82. The summed E-state index contributed by atoms with van der Waals surface area (Å²) in [7, 11) is 0. The van der Waals surface area contributed by atoms with E-state index in [1.807, 2.05) is 105 Å². The molecule has 0 aliphatic heterocycles. The van der Waals surface area contributed by atoms with Crippen molar-refractivity contribution in [2.45, 2.75) is 34.2 Å². The molecule has 3 aromatic rings. The van der Waals surface area contributed by atoms with Gasteiger partial charge in [-0.3, -0.25) is 9.78 Å². The molecule has 3 rings (SSSR count). The lowest BCUT2D eigenvalue weighted by molar-refractivity contribution is -0.688. The SMILES string of the molecule is CC.CC.O=C(c1ccccc1)c1cc[n+](Cc2ccccn2)cc1. The molecule has 0 radical (unpaired) electrons. The first kappa shape index (κ1) is 20.2. The lowest BCUT2D eigenvalue weighted by Crippen LogP contribution is -2.33. The quantitative estimate of drug-likeness (QED) is 0.511. The minimum absolute atomic E-state index is 0.0422. The summed E-state index contributed by atoms with van der Waals surface area (Å²) in [6.45, 7) is 8.70. The molecule has 0 amide bonds. The fourth-order valence-electron chi connectivity index (χ4n) is 2.15. The number of pyridine rings is 2. The molecule has 0 bridgehead atoms. The summed E-state index contributed by atoms with van der Waals surface area (Å²) >= 11 is 0. The summed E-state index contributed by atoms with van der Waals surface area (Å²) in [6, 6.07) is 18.9. The highest BCUT2D eigenvalue weighted by molar-refractivity contribution is 6.08. The second-order valence-corrected chi connectivity index (χ2v) is 4.78. The first-order valence-corrected chi connectivity index (χ1v) is 8.82. The van der Waals surface area contributed by atoms with Gasteiger partial charge < -0.3 is 0 Å². The van der Waals surface area contributed by atoms with Crippen LogP contribution >= 0.6 is 0 Å². The third kappa shape index (κ3) is 6.30. The zero-order valence-corrected chi connectivity index (χ0v) is 15.5. The van der Waals surface area contributed by atoms with Crippen molar-refractivity contribution in [3.8, 4) is 0 Å². The van der Waals surface area contributed by atoms with Crippen LogP contribution in [0.15, 0.2) is 79.3 Å². The lowest BCUT2D eigenvalue weighted by Gasteiger charge is -2.01. The van der Waals surface area contributed by atoms with E-state index in [9.17, 15) is 4.79 Å². The van der Waals surface area contributed by atoms with Gasteiger partial charge >= 0.3 is 0 Å². The Balaban J connectivity index is 0.000000730. The summed E-state index contributed by atoms with van der Waals surface area (Å²) < 4.78 is 2.00. The van der Waals surface area contributed by atoms with Crippen molar-refractivity contribution in [2.75, 3.05) is 0 Å². The summed E-state index contributed by atoms with van der Waals surface area (Å²) in [5, 5.41) is 0. The van der Waals surface area contributed by atoms with E-state index in [4.69, 9.17) is 0 Å². The number of hydrogen-bond acceptors (Lipinski definition) is 2. The van der Waals surface area contributed by atoms with Crippen LogP contribution in [0.5, 0.6) is 0 Å². The van der Waals surface area contributed by atoms with E-state index in [2.05, 4.69) is 4.98 Å². The Labute approximate surface area is 151 Å². The number of benzene rings is 1. The Bertz CT molecular complexity index is 723. The number of hydrogen-bond donors (Lipinski definition) is 0. The van der Waals surface area contributed by atoms with Crippen molar-refractivity contribution in [3.63, 3.8) is 0 Å². The fourth-order valence-corrected chi connectivity index (χ4v) is 2.15. The molecule has 0 saturated carbocycles. The predicted octanol–water partition coefficient (Wildman–Crippen LogP) is 4.70. The molecule has 0 aliphatic rings. The maximum absolute atomic E-state index is 12.3. The molecular formula is C22H27N2O+. The number of rotatable bonds is 4. The normalized spacial score (nSPS) is 9.12. The zero-order chi connectivity index (χ0) is 18.5. The molecule has 0 spiro atoms. The molecule has 0 N–H and O–H groups in total. The standard InChI is InChI=1S/C18H15N2O.2C2H6/c21-18(15-6-2-1-3-7-15)16-9-12-20(13-10-16)14-17-8-4-5-11-19-17;2*1-2/h1-13H,14H2;2*1-2H3/q+1;;. The maximum Gasteiger partial charge on any atom is 0.193 e. The van der Waals surface area contributed by atoms with E-state index in [0.29, 0.717) is 17.7 Å². The third-order valence-corrected chi connectivity index (χ3v) is 3.26. The van der Waals surface area contributed by atoms with Crippen LogP contribution in [0.4, 0.5) is 0 Å². The zero-order valence-electron chi connectivity index (χ0n) is 15.5. The van der Waals surface area contributed by atoms with Gasteiger partial charge in [-0.05, 0) is 12.1 Å². The molecule has 130 valence electrons. The van der Waals surface area contributed by atoms with Crippen LogP contribution < -0.4 is 4.57 Å². The largest absolute Gasteiger partial charge is 0.289 e.